The van der Waals surface area contributed by atoms with Crippen molar-refractivity contribution < 1.29 is 14.7 Å². The number of hydrogen-bond acceptors (Lipinski definition) is 4. The Bertz CT molecular complexity index is 536. The summed E-state index contributed by atoms with van der Waals surface area (Å²) in [4.78, 5) is 33.9. The number of nitrogens with one attached hydrogen (secondary N) is 2. The van der Waals surface area contributed by atoms with Gasteiger partial charge < -0.3 is 10.4 Å². The Labute approximate surface area is 103 Å². The molecule has 1 rings (SSSR count). The Morgan fingerprint density at radius 2 is 2.06 bits per heavy atom. The van der Waals surface area contributed by atoms with E-state index in [-0.39, 0.29) is 12.1 Å². The molecular weight excluding hydrogens is 238 g/mol. The number of carbonyl (C=O) groups is 2. The summed E-state index contributed by atoms with van der Waals surface area (Å²) in [6.07, 6.45) is 0. The quantitative estimate of drug-likeness (QED) is 0.690. The van der Waals surface area contributed by atoms with Gasteiger partial charge in [-0.2, -0.15) is 5.10 Å². The zero-order chi connectivity index (χ0) is 13.9. The van der Waals surface area contributed by atoms with Crippen LogP contribution in [-0.2, 0) is 4.79 Å². The summed E-state index contributed by atoms with van der Waals surface area (Å²) >= 11 is 0. The standard InChI is InChI=1S/C11H15N3O4/c1-5(11(17)18)4-12-9(15)8-6(2)7(3)13-14-10(8)16/h5H,4H2,1-3H3,(H,12,15)(H,14,16)(H,17,18). The lowest BCUT2D eigenvalue weighted by Crippen LogP contribution is -2.35. The molecule has 0 saturated heterocycles. The van der Waals surface area contributed by atoms with Gasteiger partial charge in [0.2, 0.25) is 0 Å². The number of nitrogens with zero attached hydrogens (tertiary/aromatic N) is 1. The molecule has 0 radical (unpaired) electrons. The third kappa shape index (κ3) is 2.93. The number of amides is 1. The minimum absolute atomic E-state index is 0.0277. The van der Waals surface area contributed by atoms with E-state index in [1.807, 2.05) is 0 Å². The lowest BCUT2D eigenvalue weighted by atomic mass is 10.1. The lowest BCUT2D eigenvalue weighted by Gasteiger charge is -2.10. The number of carbonyl (C=O) groups excluding carboxylic acids is 1. The van der Waals surface area contributed by atoms with Crippen molar-refractivity contribution in [2.45, 2.75) is 20.8 Å². The van der Waals surface area contributed by atoms with Crippen LogP contribution in [0.15, 0.2) is 4.79 Å². The molecule has 0 fully saturated rings. The Balaban J connectivity index is 2.89. The first-order valence-electron chi connectivity index (χ1n) is 5.41. The first kappa shape index (κ1) is 13.9. The molecule has 1 atom stereocenters. The first-order valence-corrected chi connectivity index (χ1v) is 5.41. The molecule has 0 spiro atoms. The van der Waals surface area contributed by atoms with Gasteiger partial charge in [0, 0.05) is 6.54 Å². The molecule has 0 aliphatic heterocycles. The fraction of sp³-hybridized carbons (Fsp3) is 0.455. The largest absolute Gasteiger partial charge is 0.481 e. The van der Waals surface area contributed by atoms with E-state index in [4.69, 9.17) is 5.11 Å². The van der Waals surface area contributed by atoms with Crippen LogP contribution in [0, 0.1) is 19.8 Å². The van der Waals surface area contributed by atoms with Gasteiger partial charge >= 0.3 is 5.97 Å². The maximum Gasteiger partial charge on any atom is 0.308 e. The molecular formula is C11H15N3O4. The van der Waals surface area contributed by atoms with Crippen molar-refractivity contribution in [3.63, 3.8) is 0 Å². The fourth-order valence-corrected chi connectivity index (χ4v) is 1.32. The van der Waals surface area contributed by atoms with Crippen LogP contribution in [0.4, 0.5) is 0 Å². The van der Waals surface area contributed by atoms with Crippen molar-refractivity contribution in [3.8, 4) is 0 Å². The van der Waals surface area contributed by atoms with Gasteiger partial charge in [-0.15, -0.1) is 0 Å². The maximum atomic E-state index is 11.8. The highest BCUT2D eigenvalue weighted by Gasteiger charge is 2.18. The molecule has 1 amide bonds. The van der Waals surface area contributed by atoms with Crippen LogP contribution >= 0.6 is 0 Å². The highest BCUT2D eigenvalue weighted by atomic mass is 16.4. The minimum Gasteiger partial charge on any atom is -0.481 e. The van der Waals surface area contributed by atoms with Crippen LogP contribution in [0.5, 0.6) is 0 Å². The highest BCUT2D eigenvalue weighted by Crippen LogP contribution is 2.05. The number of aromatic nitrogens is 2. The lowest BCUT2D eigenvalue weighted by molar-refractivity contribution is -0.140. The molecule has 3 N–H and O–H groups in total. The van der Waals surface area contributed by atoms with Crippen molar-refractivity contribution in [1.29, 1.82) is 0 Å². The fourth-order valence-electron chi connectivity index (χ4n) is 1.32. The summed E-state index contributed by atoms with van der Waals surface area (Å²) in [5.41, 5.74) is 0.420. The van der Waals surface area contributed by atoms with Crippen LogP contribution in [0.2, 0.25) is 0 Å². The van der Waals surface area contributed by atoms with Crippen LogP contribution in [0.1, 0.15) is 28.5 Å². The second kappa shape index (κ2) is 5.44. The van der Waals surface area contributed by atoms with E-state index in [0.29, 0.717) is 11.3 Å². The number of carboxylic acid groups (broad SMARTS) is 1. The third-order valence-corrected chi connectivity index (χ3v) is 2.69. The summed E-state index contributed by atoms with van der Waals surface area (Å²) in [6, 6.07) is 0. The molecule has 0 saturated carbocycles. The van der Waals surface area contributed by atoms with Crippen molar-refractivity contribution in [2.24, 2.45) is 5.92 Å². The van der Waals surface area contributed by atoms with Gasteiger partial charge in [0.05, 0.1) is 11.6 Å². The minimum atomic E-state index is -1.01. The smallest absolute Gasteiger partial charge is 0.308 e. The van der Waals surface area contributed by atoms with E-state index in [9.17, 15) is 14.4 Å². The zero-order valence-electron chi connectivity index (χ0n) is 10.4. The van der Waals surface area contributed by atoms with Gasteiger partial charge in [0.1, 0.15) is 5.56 Å². The van der Waals surface area contributed by atoms with Gasteiger partial charge in [-0.1, -0.05) is 6.92 Å². The second-order valence-electron chi connectivity index (χ2n) is 4.09. The number of hydrogen-bond donors (Lipinski definition) is 3. The molecule has 1 aromatic rings. The van der Waals surface area contributed by atoms with E-state index in [1.54, 1.807) is 13.8 Å². The Hall–Kier alpha value is -2.18. The van der Waals surface area contributed by atoms with E-state index < -0.39 is 23.4 Å². The SMILES string of the molecule is Cc1n[nH]c(=O)c(C(=O)NCC(C)C(=O)O)c1C. The molecule has 1 heterocycles. The Kier molecular flexibility index (Phi) is 4.19. The van der Waals surface area contributed by atoms with Gasteiger partial charge in [0.25, 0.3) is 11.5 Å². The molecule has 18 heavy (non-hydrogen) atoms. The predicted octanol–water partition coefficient (Wildman–Crippen LogP) is -0.163. The molecule has 1 unspecified atom stereocenters. The average Bonchev–Trinajstić information content (AvgIpc) is 2.31. The number of aryl methyl sites for hydroxylation is 1. The number of carboxylic acids is 1. The van der Waals surface area contributed by atoms with Gasteiger partial charge in [-0.25, -0.2) is 5.10 Å². The van der Waals surface area contributed by atoms with E-state index >= 15 is 0 Å². The maximum absolute atomic E-state index is 11.8. The van der Waals surface area contributed by atoms with Crippen molar-refractivity contribution in [2.75, 3.05) is 6.54 Å². The summed E-state index contributed by atoms with van der Waals surface area (Å²) in [5, 5.41) is 17.1. The highest BCUT2D eigenvalue weighted by molar-refractivity contribution is 5.95. The molecule has 0 aliphatic carbocycles. The molecule has 7 heteroatoms. The Morgan fingerprint density at radius 3 is 2.61 bits per heavy atom. The molecule has 0 aliphatic rings. The van der Waals surface area contributed by atoms with E-state index in [2.05, 4.69) is 15.5 Å². The third-order valence-electron chi connectivity index (χ3n) is 2.69. The normalized spacial score (nSPS) is 11.9. The average molecular weight is 253 g/mol. The zero-order valence-corrected chi connectivity index (χ0v) is 10.4. The summed E-state index contributed by atoms with van der Waals surface area (Å²) in [6.45, 7) is 4.72. The van der Waals surface area contributed by atoms with Crippen molar-refractivity contribution in [1.82, 2.24) is 15.5 Å². The molecule has 0 aromatic carbocycles. The predicted molar refractivity (Wildman–Crippen MR) is 63.5 cm³/mol. The number of aromatic amines is 1. The van der Waals surface area contributed by atoms with Crippen LogP contribution in [-0.4, -0.2) is 33.7 Å². The van der Waals surface area contributed by atoms with E-state index in [0.717, 1.165) is 0 Å². The number of rotatable bonds is 4. The first-order chi connectivity index (χ1) is 8.34. The molecule has 98 valence electrons. The topological polar surface area (TPSA) is 112 Å². The van der Waals surface area contributed by atoms with Gasteiger partial charge in [0.15, 0.2) is 0 Å². The molecule has 0 bridgehead atoms. The monoisotopic (exact) mass is 253 g/mol. The number of aliphatic carboxylic acids is 1. The Morgan fingerprint density at radius 1 is 1.44 bits per heavy atom. The second-order valence-corrected chi connectivity index (χ2v) is 4.09. The summed E-state index contributed by atoms with van der Waals surface area (Å²) in [7, 11) is 0. The number of H-pyrrole nitrogens is 1. The van der Waals surface area contributed by atoms with Gasteiger partial charge in [-0.3, -0.25) is 14.4 Å². The van der Waals surface area contributed by atoms with Crippen molar-refractivity contribution in [3.05, 3.63) is 27.2 Å². The summed E-state index contributed by atoms with van der Waals surface area (Å²) in [5.74, 6) is -2.31. The van der Waals surface area contributed by atoms with Crippen LogP contribution < -0.4 is 10.9 Å². The van der Waals surface area contributed by atoms with Gasteiger partial charge in [-0.05, 0) is 19.4 Å². The summed E-state index contributed by atoms with van der Waals surface area (Å²) < 4.78 is 0. The van der Waals surface area contributed by atoms with Crippen molar-refractivity contribution >= 4 is 11.9 Å². The molecule has 7 nitrogen and oxygen atoms in total. The van der Waals surface area contributed by atoms with Crippen LogP contribution in [0.25, 0.3) is 0 Å². The van der Waals surface area contributed by atoms with Crippen LogP contribution in [0.3, 0.4) is 0 Å². The van der Waals surface area contributed by atoms with E-state index in [1.165, 1.54) is 6.92 Å². The molecule has 1 aromatic heterocycles.